The number of benzene rings is 2. The van der Waals surface area contributed by atoms with Crippen LogP contribution >= 0.6 is 22.6 Å². The largest absolute Gasteiger partial charge is 0.493 e. The number of hydrogen-bond acceptors (Lipinski definition) is 5. The Kier molecular flexibility index (Phi) is 8.65. The molecule has 2 aromatic carbocycles. The molecule has 2 N–H and O–H groups in total. The Morgan fingerprint density at radius 2 is 1.94 bits per heavy atom. The minimum absolute atomic E-state index is 0.0628. The predicted octanol–water partition coefficient (Wildman–Crippen LogP) is 4.20. The second kappa shape index (κ2) is 11.0. The Balaban J connectivity index is 1.94. The van der Waals surface area contributed by atoms with E-state index in [1.807, 2.05) is 6.92 Å². The maximum absolute atomic E-state index is 12.7. The standard InChI is InChI=1S/C20H19F3IN3O4/c1-3-31-19-15(24)7-12(8-16(19)30-2)11-25-27-18(29)10-17(28)26-14-6-4-5-13(9-14)20(21,22)23/h4-9,11H,3,10H2,1-2H3,(H,26,28)(H,27,29). The van der Waals surface area contributed by atoms with Crippen LogP contribution in [0.3, 0.4) is 0 Å². The number of amides is 2. The zero-order valence-electron chi connectivity index (χ0n) is 16.5. The zero-order valence-corrected chi connectivity index (χ0v) is 18.7. The summed E-state index contributed by atoms with van der Waals surface area (Å²) in [4.78, 5) is 23.8. The molecule has 0 bridgehead atoms. The molecule has 2 amide bonds. The first-order valence-corrected chi connectivity index (χ1v) is 10.0. The number of hydrazone groups is 1. The third kappa shape index (κ3) is 7.42. The summed E-state index contributed by atoms with van der Waals surface area (Å²) in [6, 6.07) is 7.57. The molecule has 0 aliphatic rings. The van der Waals surface area contributed by atoms with Gasteiger partial charge in [0.25, 0.3) is 0 Å². The van der Waals surface area contributed by atoms with Crippen LogP contribution in [0.4, 0.5) is 18.9 Å². The molecule has 0 saturated carbocycles. The molecule has 2 rings (SSSR count). The maximum atomic E-state index is 12.7. The van der Waals surface area contributed by atoms with Gasteiger partial charge in [-0.25, -0.2) is 5.43 Å². The molecular weight excluding hydrogens is 530 g/mol. The molecule has 11 heteroatoms. The van der Waals surface area contributed by atoms with Crippen LogP contribution in [0.1, 0.15) is 24.5 Å². The number of nitrogens with zero attached hydrogens (tertiary/aromatic N) is 1. The van der Waals surface area contributed by atoms with Crippen LogP contribution < -0.4 is 20.2 Å². The maximum Gasteiger partial charge on any atom is 0.416 e. The van der Waals surface area contributed by atoms with Gasteiger partial charge in [-0.3, -0.25) is 9.59 Å². The van der Waals surface area contributed by atoms with Crippen molar-refractivity contribution in [3.05, 3.63) is 51.1 Å². The van der Waals surface area contributed by atoms with E-state index in [1.54, 1.807) is 12.1 Å². The zero-order chi connectivity index (χ0) is 23.0. The first kappa shape index (κ1) is 24.4. The summed E-state index contributed by atoms with van der Waals surface area (Å²) in [5, 5.41) is 6.04. The lowest BCUT2D eigenvalue weighted by molar-refractivity contribution is -0.137. The Labute approximate surface area is 190 Å². The van der Waals surface area contributed by atoms with Crippen LogP contribution in [0, 0.1) is 3.57 Å². The molecule has 7 nitrogen and oxygen atoms in total. The van der Waals surface area contributed by atoms with Gasteiger partial charge in [-0.05, 0) is 65.4 Å². The number of carbonyl (C=O) groups is 2. The molecule has 0 aliphatic heterocycles. The highest BCUT2D eigenvalue weighted by atomic mass is 127. The number of carbonyl (C=O) groups excluding carboxylic acids is 2. The van der Waals surface area contributed by atoms with Crippen molar-refractivity contribution in [3.8, 4) is 11.5 Å². The van der Waals surface area contributed by atoms with Gasteiger partial charge in [-0.1, -0.05) is 6.07 Å². The van der Waals surface area contributed by atoms with Gasteiger partial charge in [0, 0.05) is 5.69 Å². The number of alkyl halides is 3. The number of anilines is 1. The molecule has 0 aliphatic carbocycles. The molecule has 166 valence electrons. The number of methoxy groups -OCH3 is 1. The van der Waals surface area contributed by atoms with E-state index >= 15 is 0 Å². The molecule has 0 unspecified atom stereocenters. The first-order chi connectivity index (χ1) is 14.6. The number of halogens is 4. The van der Waals surface area contributed by atoms with Crippen molar-refractivity contribution in [3.63, 3.8) is 0 Å². The van der Waals surface area contributed by atoms with Crippen molar-refractivity contribution < 1.29 is 32.2 Å². The van der Waals surface area contributed by atoms with Crippen molar-refractivity contribution in [2.24, 2.45) is 5.10 Å². The van der Waals surface area contributed by atoms with E-state index in [0.717, 1.165) is 21.8 Å². The molecule has 0 aromatic heterocycles. The monoisotopic (exact) mass is 549 g/mol. The van der Waals surface area contributed by atoms with Gasteiger partial charge in [0.15, 0.2) is 11.5 Å². The predicted molar refractivity (Wildman–Crippen MR) is 117 cm³/mol. The van der Waals surface area contributed by atoms with Crippen LogP contribution in [-0.4, -0.2) is 31.7 Å². The van der Waals surface area contributed by atoms with Gasteiger partial charge in [-0.15, -0.1) is 0 Å². The SMILES string of the molecule is CCOc1c(I)cc(C=NNC(=O)CC(=O)Nc2cccc(C(F)(F)F)c2)cc1OC. The van der Waals surface area contributed by atoms with Crippen LogP contribution in [0.2, 0.25) is 0 Å². The smallest absolute Gasteiger partial charge is 0.416 e. The topological polar surface area (TPSA) is 89.0 Å². The van der Waals surface area contributed by atoms with E-state index in [1.165, 1.54) is 19.4 Å². The molecule has 0 fully saturated rings. The Morgan fingerprint density at radius 3 is 2.58 bits per heavy atom. The van der Waals surface area contributed by atoms with Crippen molar-refractivity contribution in [1.29, 1.82) is 0 Å². The fourth-order valence-corrected chi connectivity index (χ4v) is 3.22. The highest BCUT2D eigenvalue weighted by molar-refractivity contribution is 14.1. The van der Waals surface area contributed by atoms with E-state index in [4.69, 9.17) is 9.47 Å². The van der Waals surface area contributed by atoms with E-state index in [-0.39, 0.29) is 5.69 Å². The highest BCUT2D eigenvalue weighted by Gasteiger charge is 2.30. The Hall–Kier alpha value is -2.83. The summed E-state index contributed by atoms with van der Waals surface area (Å²) in [6.45, 7) is 2.32. The number of ether oxygens (including phenoxy) is 2. The highest BCUT2D eigenvalue weighted by Crippen LogP contribution is 2.33. The minimum Gasteiger partial charge on any atom is -0.493 e. The van der Waals surface area contributed by atoms with Gasteiger partial charge in [-0.2, -0.15) is 18.3 Å². The van der Waals surface area contributed by atoms with Crippen LogP contribution in [0.5, 0.6) is 11.5 Å². The summed E-state index contributed by atoms with van der Waals surface area (Å²) in [5.41, 5.74) is 1.85. The summed E-state index contributed by atoms with van der Waals surface area (Å²) >= 11 is 2.08. The third-order valence-electron chi connectivity index (χ3n) is 3.74. The lowest BCUT2D eigenvalue weighted by Crippen LogP contribution is -2.24. The summed E-state index contributed by atoms with van der Waals surface area (Å²) in [6.07, 6.45) is -3.78. The normalized spacial score (nSPS) is 11.3. The third-order valence-corrected chi connectivity index (χ3v) is 4.54. The van der Waals surface area contributed by atoms with Gasteiger partial charge < -0.3 is 14.8 Å². The molecule has 2 aromatic rings. The summed E-state index contributed by atoms with van der Waals surface area (Å²) in [7, 11) is 1.50. The van der Waals surface area contributed by atoms with Crippen LogP contribution in [-0.2, 0) is 15.8 Å². The number of nitrogens with one attached hydrogen (secondary N) is 2. The first-order valence-electron chi connectivity index (χ1n) is 8.93. The van der Waals surface area contributed by atoms with Gasteiger partial charge in [0.2, 0.25) is 11.8 Å². The van der Waals surface area contributed by atoms with Gasteiger partial charge in [0.05, 0.1) is 29.1 Å². The minimum atomic E-state index is -4.53. The summed E-state index contributed by atoms with van der Waals surface area (Å²) < 4.78 is 49.7. The molecule has 0 spiro atoms. The van der Waals surface area contributed by atoms with Crippen molar-refractivity contribution in [2.75, 3.05) is 19.0 Å². The lowest BCUT2D eigenvalue weighted by Gasteiger charge is -2.12. The Morgan fingerprint density at radius 1 is 1.19 bits per heavy atom. The Bertz CT molecular complexity index is 981. The summed E-state index contributed by atoms with van der Waals surface area (Å²) in [5.74, 6) is -0.405. The average Bonchev–Trinajstić information content (AvgIpc) is 2.69. The van der Waals surface area contributed by atoms with Crippen molar-refractivity contribution >= 4 is 46.3 Å². The van der Waals surface area contributed by atoms with Crippen molar-refractivity contribution in [1.82, 2.24) is 5.43 Å². The lowest BCUT2D eigenvalue weighted by atomic mass is 10.2. The molecule has 0 heterocycles. The molecular formula is C20H19F3IN3O4. The fourth-order valence-electron chi connectivity index (χ4n) is 2.44. The molecule has 0 radical (unpaired) electrons. The van der Waals surface area contributed by atoms with E-state index in [2.05, 4.69) is 38.4 Å². The number of hydrogen-bond donors (Lipinski definition) is 2. The van der Waals surface area contributed by atoms with Crippen LogP contribution in [0.15, 0.2) is 41.5 Å². The van der Waals surface area contributed by atoms with E-state index in [9.17, 15) is 22.8 Å². The van der Waals surface area contributed by atoms with Crippen molar-refractivity contribution in [2.45, 2.75) is 19.5 Å². The van der Waals surface area contributed by atoms with E-state index in [0.29, 0.717) is 23.7 Å². The van der Waals surface area contributed by atoms with Gasteiger partial charge >= 0.3 is 6.18 Å². The molecule has 0 saturated heterocycles. The molecule has 0 atom stereocenters. The average molecular weight is 549 g/mol. The second-order valence-electron chi connectivity index (χ2n) is 6.06. The van der Waals surface area contributed by atoms with Crippen LogP contribution in [0.25, 0.3) is 0 Å². The van der Waals surface area contributed by atoms with E-state index < -0.39 is 30.0 Å². The molecule has 31 heavy (non-hydrogen) atoms. The fraction of sp³-hybridized carbons (Fsp3) is 0.250. The quantitative estimate of drug-likeness (QED) is 0.224. The second-order valence-corrected chi connectivity index (χ2v) is 7.23. The number of rotatable bonds is 8. The van der Waals surface area contributed by atoms with Gasteiger partial charge in [0.1, 0.15) is 6.42 Å².